The van der Waals surface area contributed by atoms with E-state index in [0.29, 0.717) is 59.7 Å². The van der Waals surface area contributed by atoms with Gasteiger partial charge in [-0.25, -0.2) is 15.0 Å². The summed E-state index contributed by atoms with van der Waals surface area (Å²) < 4.78 is 13.3. The number of fused-ring (bicyclic) bond motifs is 3. The van der Waals surface area contributed by atoms with Gasteiger partial charge in [0, 0.05) is 47.8 Å². The molecule has 4 bridgehead atoms. The average molecular weight is 1010 g/mol. The van der Waals surface area contributed by atoms with Crippen LogP contribution in [0.2, 0.25) is 18.1 Å². The number of aliphatic hydroxyl groups is 4. The van der Waals surface area contributed by atoms with E-state index in [1.165, 1.54) is 61.6 Å². The van der Waals surface area contributed by atoms with Crippen LogP contribution in [0, 0.1) is 53.3 Å². The lowest BCUT2D eigenvalue weighted by molar-refractivity contribution is -0.125. The number of hydrogen-bond acceptors (Lipinski definition) is 8. The number of aliphatic hydroxyl groups excluding tert-OH is 4. The summed E-state index contributed by atoms with van der Waals surface area (Å²) in [6.07, 6.45) is 30.6. The molecule has 14 rings (SSSR count). The van der Waals surface area contributed by atoms with E-state index in [1.54, 1.807) is 0 Å². The maximum Gasteiger partial charge on any atom is 0.192 e. The molecule has 6 aromatic rings. The summed E-state index contributed by atoms with van der Waals surface area (Å²) in [5, 5.41) is 48.3. The van der Waals surface area contributed by atoms with Gasteiger partial charge >= 0.3 is 0 Å². The van der Waals surface area contributed by atoms with Crippen LogP contribution in [-0.2, 0) is 10.8 Å². The van der Waals surface area contributed by atoms with Crippen molar-refractivity contribution in [2.75, 3.05) is 0 Å². The molecule has 6 aromatic heterocycles. The van der Waals surface area contributed by atoms with Crippen molar-refractivity contribution < 1.29 is 24.9 Å². The molecule has 0 spiro atoms. The molecule has 0 aliphatic heterocycles. The second kappa shape index (κ2) is 18.4. The summed E-state index contributed by atoms with van der Waals surface area (Å²) in [6, 6.07) is 6.80. The van der Waals surface area contributed by atoms with Crippen LogP contribution in [0.3, 0.4) is 0 Å². The normalized spacial score (nSPS) is 33.2. The van der Waals surface area contributed by atoms with E-state index in [1.807, 2.05) is 31.2 Å². The summed E-state index contributed by atoms with van der Waals surface area (Å²) in [6.45, 7) is 13.9. The molecule has 390 valence electrons. The molecule has 6 heterocycles. The van der Waals surface area contributed by atoms with E-state index in [9.17, 15) is 20.4 Å². The highest BCUT2D eigenvalue weighted by Gasteiger charge is 2.60. The van der Waals surface area contributed by atoms with Gasteiger partial charge in [0.25, 0.3) is 0 Å². The highest BCUT2D eigenvalue weighted by Crippen LogP contribution is 2.69. The number of pyridine rings is 3. The summed E-state index contributed by atoms with van der Waals surface area (Å²) in [5.41, 5.74) is 10.1. The van der Waals surface area contributed by atoms with Crippen molar-refractivity contribution in [2.45, 2.75) is 197 Å². The van der Waals surface area contributed by atoms with E-state index < -0.39 is 26.6 Å². The SMILES string of the molecule is CC(Cc1ncc2c(C(O)C3CCC(O)CC3)c(C3CC3C3C4CC5CC3CC(C4)C5C(O)c3c(C4CC4)ccn4cncc34)ccn12)c1ccn2cncc2c1C(O)C1CCC(O[Si](C)(C)C(C)(C)C)CC1. The molecule has 8 aliphatic rings. The second-order valence-electron chi connectivity index (χ2n) is 26.7. The topological polar surface area (TPSA) is 142 Å². The summed E-state index contributed by atoms with van der Waals surface area (Å²) in [4.78, 5) is 14.2. The molecule has 6 unspecified atom stereocenters. The Balaban J connectivity index is 0.752. The summed E-state index contributed by atoms with van der Waals surface area (Å²) in [5.74, 6) is 6.46. The van der Waals surface area contributed by atoms with Crippen molar-refractivity contribution >= 4 is 24.9 Å². The molecule has 6 atom stereocenters. The lowest BCUT2D eigenvalue weighted by Gasteiger charge is -2.59. The van der Waals surface area contributed by atoms with Crippen LogP contribution in [0.5, 0.6) is 0 Å². The first-order valence-corrected chi connectivity index (χ1v) is 31.8. The van der Waals surface area contributed by atoms with E-state index >= 15 is 0 Å². The first-order chi connectivity index (χ1) is 35.1. The molecular weight excluding hydrogens is 925 g/mol. The Kier molecular flexibility index (Phi) is 12.3. The first-order valence-electron chi connectivity index (χ1n) is 28.9. The minimum Gasteiger partial charge on any atom is -0.414 e. The molecule has 4 N–H and O–H groups in total. The third-order valence-corrected chi connectivity index (χ3v) is 26.0. The van der Waals surface area contributed by atoms with Gasteiger partial charge in [0.05, 0.1) is 72.2 Å². The van der Waals surface area contributed by atoms with Crippen LogP contribution >= 0.6 is 0 Å². The first kappa shape index (κ1) is 48.7. The predicted molar refractivity (Wildman–Crippen MR) is 287 cm³/mol. The fraction of sp³-hybridized carbons (Fsp3) is 0.656. The molecule has 0 amide bonds. The largest absolute Gasteiger partial charge is 0.414 e. The van der Waals surface area contributed by atoms with Crippen molar-refractivity contribution in [3.63, 3.8) is 0 Å². The van der Waals surface area contributed by atoms with Crippen LogP contribution < -0.4 is 0 Å². The lowest BCUT2D eigenvalue weighted by Crippen LogP contribution is -2.52. The molecule has 0 radical (unpaired) electrons. The second-order valence-corrected chi connectivity index (χ2v) is 31.5. The number of nitrogens with zero attached hydrogens (tertiary/aromatic N) is 6. The summed E-state index contributed by atoms with van der Waals surface area (Å²) in [7, 11) is -1.88. The molecule has 0 aromatic carbocycles. The van der Waals surface area contributed by atoms with E-state index in [2.05, 4.69) is 101 Å². The van der Waals surface area contributed by atoms with Crippen molar-refractivity contribution in [3.8, 4) is 0 Å². The molecule has 8 fully saturated rings. The minimum absolute atomic E-state index is 0.0618. The average Bonchev–Trinajstić information content (AvgIpc) is 4.21. The van der Waals surface area contributed by atoms with Gasteiger partial charge in [-0.05, 0) is 220 Å². The lowest BCUT2D eigenvalue weighted by atomic mass is 9.46. The van der Waals surface area contributed by atoms with Crippen molar-refractivity contribution in [1.82, 2.24) is 28.2 Å². The molecule has 12 heteroatoms. The molecule has 73 heavy (non-hydrogen) atoms. The van der Waals surface area contributed by atoms with Gasteiger partial charge in [-0.3, -0.25) is 0 Å². The van der Waals surface area contributed by atoms with Crippen LogP contribution in [0.1, 0.15) is 199 Å². The Morgan fingerprint density at radius 3 is 1.86 bits per heavy atom. The fourth-order valence-corrected chi connectivity index (χ4v) is 18.0. The van der Waals surface area contributed by atoms with E-state index in [4.69, 9.17) is 9.41 Å². The smallest absolute Gasteiger partial charge is 0.192 e. The predicted octanol–water partition coefficient (Wildman–Crippen LogP) is 12.2. The monoisotopic (exact) mass is 1010 g/mol. The number of imidazole rings is 3. The van der Waals surface area contributed by atoms with E-state index in [-0.39, 0.29) is 35.0 Å². The zero-order chi connectivity index (χ0) is 50.2. The Labute approximate surface area is 433 Å². The highest BCUT2D eigenvalue weighted by atomic mass is 28.4. The molecule has 11 nitrogen and oxygen atoms in total. The third-order valence-electron chi connectivity index (χ3n) is 21.4. The zero-order valence-corrected chi connectivity index (χ0v) is 45.4. The molecular formula is C61H82N6O5Si. The van der Waals surface area contributed by atoms with Gasteiger partial charge in [0.15, 0.2) is 8.32 Å². The van der Waals surface area contributed by atoms with Crippen LogP contribution in [0.15, 0.2) is 68.0 Å². The van der Waals surface area contributed by atoms with Crippen molar-refractivity contribution in [3.05, 3.63) is 107 Å². The maximum absolute atomic E-state index is 12.7. The third kappa shape index (κ3) is 8.50. The van der Waals surface area contributed by atoms with Gasteiger partial charge in [-0.2, -0.15) is 0 Å². The highest BCUT2D eigenvalue weighted by molar-refractivity contribution is 6.74. The van der Waals surface area contributed by atoms with Crippen molar-refractivity contribution in [2.24, 2.45) is 53.3 Å². The fourth-order valence-electron chi connectivity index (χ4n) is 16.6. The van der Waals surface area contributed by atoms with Crippen LogP contribution in [0.4, 0.5) is 0 Å². The molecule has 8 aliphatic carbocycles. The van der Waals surface area contributed by atoms with Gasteiger partial charge in [-0.15, -0.1) is 0 Å². The van der Waals surface area contributed by atoms with Crippen LogP contribution in [-0.4, -0.2) is 69.1 Å². The van der Waals surface area contributed by atoms with Gasteiger partial charge in [0.2, 0.25) is 0 Å². The molecule has 0 saturated heterocycles. The molecule has 8 saturated carbocycles. The van der Waals surface area contributed by atoms with Crippen LogP contribution in [0.25, 0.3) is 16.6 Å². The standard InChI is InChI=1S/C61H82N6O5Si/c1-34(44-17-20-65-32-62-29-49(65)55(44)58(69)37-11-15-43(16-12-37)72-73(5,6)61(2,3)4)23-52-64-31-51-57(59(70)36-9-13-42(68)14-10-36)46(19-22-67(51)52)47-28-48(47)53-38-24-40-26-39(53)27-41(25-38)54(40)60(71)56-45(35-7-8-35)18-21-66-33-63-30-50(56)66/h17-22,29-43,47-48,53-54,58-60,68-71H,7-16,23-28H2,1-6H3. The number of aromatic nitrogens is 6. The Bertz CT molecular complexity index is 2960. The quantitative estimate of drug-likeness (QED) is 0.0791. The Hall–Kier alpha value is -3.91. The maximum atomic E-state index is 12.7. The van der Waals surface area contributed by atoms with Gasteiger partial charge < -0.3 is 38.1 Å². The van der Waals surface area contributed by atoms with E-state index in [0.717, 1.165) is 90.4 Å². The summed E-state index contributed by atoms with van der Waals surface area (Å²) >= 11 is 0. The number of hydrogen-bond donors (Lipinski definition) is 4. The Morgan fingerprint density at radius 2 is 1.23 bits per heavy atom. The number of rotatable bonds is 14. The zero-order valence-electron chi connectivity index (χ0n) is 44.4. The minimum atomic E-state index is -1.88. The Morgan fingerprint density at radius 1 is 0.658 bits per heavy atom. The van der Waals surface area contributed by atoms with Gasteiger partial charge in [-0.1, -0.05) is 27.7 Å². The van der Waals surface area contributed by atoms with Crippen molar-refractivity contribution in [1.29, 1.82) is 0 Å². The van der Waals surface area contributed by atoms with Gasteiger partial charge in [0.1, 0.15) is 5.82 Å².